The lowest BCUT2D eigenvalue weighted by molar-refractivity contribution is -0.228. The van der Waals surface area contributed by atoms with Crippen molar-refractivity contribution < 1.29 is 18.0 Å². The first-order chi connectivity index (χ1) is 14.9. The van der Waals surface area contributed by atoms with Gasteiger partial charge in [-0.15, -0.1) is 13.2 Å². The van der Waals surface area contributed by atoms with E-state index in [0.717, 1.165) is 31.4 Å². The van der Waals surface area contributed by atoms with Crippen LogP contribution in [0, 0.1) is 5.92 Å². The Morgan fingerprint density at radius 3 is 2.39 bits per heavy atom. The molecule has 1 N–H and O–H groups in total. The molecule has 4 rings (SSSR count). The van der Waals surface area contributed by atoms with E-state index in [4.69, 9.17) is 0 Å². The molecule has 0 bridgehead atoms. The Labute approximate surface area is 179 Å². The standard InChI is InChI=1S/C24H26F3N3O/c25-24(26,27)30(23(31)22-16-20-8-4-5-9-21(20)28-22)17-19-11-14-29(15-12-19)13-10-18-6-2-1-3-7-18/h1-9,16,19,28H,10-15,17H2. The number of carbonyl (C=O) groups excluding carboxylic acids is 1. The van der Waals surface area contributed by atoms with Gasteiger partial charge in [-0.1, -0.05) is 48.5 Å². The number of alkyl halides is 3. The van der Waals surface area contributed by atoms with Crippen molar-refractivity contribution in [3.63, 3.8) is 0 Å². The second-order valence-electron chi connectivity index (χ2n) is 8.17. The molecule has 1 amide bonds. The van der Waals surface area contributed by atoms with Crippen LogP contribution < -0.4 is 0 Å². The maximum absolute atomic E-state index is 13.7. The van der Waals surface area contributed by atoms with E-state index in [1.807, 2.05) is 18.2 Å². The molecule has 1 fully saturated rings. The first-order valence-corrected chi connectivity index (χ1v) is 10.6. The first kappa shape index (κ1) is 21.4. The van der Waals surface area contributed by atoms with Crippen molar-refractivity contribution in [1.82, 2.24) is 14.8 Å². The summed E-state index contributed by atoms with van der Waals surface area (Å²) in [5.74, 6) is -1.18. The molecule has 31 heavy (non-hydrogen) atoms. The van der Waals surface area contributed by atoms with Gasteiger partial charge >= 0.3 is 6.30 Å². The summed E-state index contributed by atoms with van der Waals surface area (Å²) < 4.78 is 41.2. The Bertz CT molecular complexity index is 975. The third-order valence-electron chi connectivity index (χ3n) is 6.02. The molecule has 7 heteroatoms. The number of benzene rings is 2. The minimum absolute atomic E-state index is 0.0289. The number of piperidine rings is 1. The van der Waals surface area contributed by atoms with Crippen molar-refractivity contribution in [2.45, 2.75) is 25.6 Å². The van der Waals surface area contributed by atoms with Gasteiger partial charge in [0, 0.05) is 24.0 Å². The number of aromatic amines is 1. The lowest BCUT2D eigenvalue weighted by atomic mass is 9.95. The van der Waals surface area contributed by atoms with Crippen LogP contribution in [0.25, 0.3) is 10.9 Å². The maximum atomic E-state index is 13.7. The molecule has 0 aliphatic carbocycles. The Balaban J connectivity index is 1.36. The van der Waals surface area contributed by atoms with Gasteiger partial charge in [0.05, 0.1) is 0 Å². The van der Waals surface area contributed by atoms with E-state index in [1.165, 1.54) is 11.6 Å². The average Bonchev–Trinajstić information content (AvgIpc) is 3.21. The van der Waals surface area contributed by atoms with Crippen LogP contribution in [0.15, 0.2) is 60.7 Å². The molecule has 2 aromatic carbocycles. The zero-order valence-corrected chi connectivity index (χ0v) is 17.2. The van der Waals surface area contributed by atoms with Crippen molar-refractivity contribution in [1.29, 1.82) is 0 Å². The number of halogens is 3. The second-order valence-corrected chi connectivity index (χ2v) is 8.17. The molecular formula is C24H26F3N3O. The number of likely N-dealkylation sites (tertiary alicyclic amines) is 1. The Morgan fingerprint density at radius 2 is 1.71 bits per heavy atom. The van der Waals surface area contributed by atoms with Crippen LogP contribution in [-0.4, -0.2) is 53.2 Å². The molecular weight excluding hydrogens is 403 g/mol. The van der Waals surface area contributed by atoms with Gasteiger partial charge < -0.3 is 9.88 Å². The number of nitrogens with zero attached hydrogens (tertiary/aromatic N) is 2. The van der Waals surface area contributed by atoms with Crippen molar-refractivity contribution in [3.05, 3.63) is 71.9 Å². The smallest absolute Gasteiger partial charge is 0.351 e. The van der Waals surface area contributed by atoms with E-state index < -0.39 is 12.2 Å². The predicted molar refractivity (Wildman–Crippen MR) is 115 cm³/mol. The number of fused-ring (bicyclic) bond motifs is 1. The van der Waals surface area contributed by atoms with E-state index >= 15 is 0 Å². The van der Waals surface area contributed by atoms with Crippen molar-refractivity contribution in [2.24, 2.45) is 5.92 Å². The van der Waals surface area contributed by atoms with E-state index in [1.54, 1.807) is 24.3 Å². The van der Waals surface area contributed by atoms with Gasteiger partial charge in [-0.3, -0.25) is 4.79 Å². The van der Waals surface area contributed by atoms with Crippen LogP contribution in [0.5, 0.6) is 0 Å². The van der Waals surface area contributed by atoms with Crippen LogP contribution in [0.3, 0.4) is 0 Å². The predicted octanol–water partition coefficient (Wildman–Crippen LogP) is 5.08. The number of nitrogens with one attached hydrogen (secondary N) is 1. The summed E-state index contributed by atoms with van der Waals surface area (Å²) in [5.41, 5.74) is 1.88. The van der Waals surface area contributed by atoms with Crippen LogP contribution in [-0.2, 0) is 6.42 Å². The van der Waals surface area contributed by atoms with Crippen LogP contribution in [0.2, 0.25) is 0 Å². The van der Waals surface area contributed by atoms with Gasteiger partial charge in [-0.2, -0.15) is 0 Å². The highest BCUT2D eigenvalue weighted by Crippen LogP contribution is 2.29. The number of aromatic nitrogens is 1. The molecule has 1 aromatic heterocycles. The summed E-state index contributed by atoms with van der Waals surface area (Å²) in [6.45, 7) is 2.10. The SMILES string of the molecule is O=C(c1cc2ccccc2[nH]1)N(CC1CCN(CCc2ccccc2)CC1)C(F)(F)F. The molecule has 2 heterocycles. The normalized spacial score (nSPS) is 16.0. The fraction of sp³-hybridized carbons (Fsp3) is 0.375. The van der Waals surface area contributed by atoms with Gasteiger partial charge in [-0.25, -0.2) is 4.90 Å². The lowest BCUT2D eigenvalue weighted by Crippen LogP contribution is -2.47. The second kappa shape index (κ2) is 9.14. The average molecular weight is 429 g/mol. The van der Waals surface area contributed by atoms with E-state index in [-0.39, 0.29) is 23.1 Å². The van der Waals surface area contributed by atoms with Crippen LogP contribution >= 0.6 is 0 Å². The topological polar surface area (TPSA) is 39.3 Å². The fourth-order valence-corrected chi connectivity index (χ4v) is 4.22. The summed E-state index contributed by atoms with van der Waals surface area (Å²) in [7, 11) is 0. The molecule has 1 aliphatic rings. The summed E-state index contributed by atoms with van der Waals surface area (Å²) in [6, 6.07) is 18.8. The number of rotatable bonds is 6. The van der Waals surface area contributed by atoms with E-state index in [0.29, 0.717) is 18.4 Å². The van der Waals surface area contributed by atoms with Gasteiger partial charge in [0.1, 0.15) is 5.69 Å². The minimum atomic E-state index is -4.71. The third kappa shape index (κ3) is 5.28. The zero-order chi connectivity index (χ0) is 21.8. The molecule has 0 radical (unpaired) electrons. The zero-order valence-electron chi connectivity index (χ0n) is 17.2. The highest BCUT2D eigenvalue weighted by Gasteiger charge is 2.43. The molecule has 3 aromatic rings. The number of amides is 1. The largest absolute Gasteiger partial charge is 0.487 e. The van der Waals surface area contributed by atoms with Crippen LogP contribution in [0.1, 0.15) is 28.9 Å². The third-order valence-corrected chi connectivity index (χ3v) is 6.02. The monoisotopic (exact) mass is 429 g/mol. The minimum Gasteiger partial charge on any atom is -0.351 e. The van der Waals surface area contributed by atoms with Crippen molar-refractivity contribution >= 4 is 16.8 Å². The molecule has 0 saturated carbocycles. The molecule has 164 valence electrons. The lowest BCUT2D eigenvalue weighted by Gasteiger charge is -2.35. The Morgan fingerprint density at radius 1 is 1.03 bits per heavy atom. The number of hydrogen-bond acceptors (Lipinski definition) is 2. The number of hydrogen-bond donors (Lipinski definition) is 1. The quantitative estimate of drug-likeness (QED) is 0.555. The number of carbonyl (C=O) groups is 1. The van der Waals surface area contributed by atoms with E-state index in [9.17, 15) is 18.0 Å². The molecule has 1 aliphatic heterocycles. The number of H-pyrrole nitrogens is 1. The maximum Gasteiger partial charge on any atom is 0.487 e. The Kier molecular flexibility index (Phi) is 6.32. The molecule has 0 spiro atoms. The van der Waals surface area contributed by atoms with Crippen molar-refractivity contribution in [3.8, 4) is 0 Å². The molecule has 1 saturated heterocycles. The summed E-state index contributed by atoms with van der Waals surface area (Å²) in [5, 5.41) is 0.722. The summed E-state index contributed by atoms with van der Waals surface area (Å²) in [6.07, 6.45) is -2.47. The van der Waals surface area contributed by atoms with Crippen molar-refractivity contribution in [2.75, 3.05) is 26.2 Å². The summed E-state index contributed by atoms with van der Waals surface area (Å²) >= 11 is 0. The highest BCUT2D eigenvalue weighted by atomic mass is 19.4. The fourth-order valence-electron chi connectivity index (χ4n) is 4.22. The van der Waals surface area contributed by atoms with Crippen LogP contribution in [0.4, 0.5) is 13.2 Å². The molecule has 0 unspecified atom stereocenters. The summed E-state index contributed by atoms with van der Waals surface area (Å²) in [4.78, 5) is 17.9. The van der Waals surface area contributed by atoms with Gasteiger partial charge in [-0.05, 0) is 56.0 Å². The van der Waals surface area contributed by atoms with Gasteiger partial charge in [0.15, 0.2) is 0 Å². The first-order valence-electron chi connectivity index (χ1n) is 10.6. The highest BCUT2D eigenvalue weighted by molar-refractivity contribution is 5.98. The van der Waals surface area contributed by atoms with Gasteiger partial charge in [0.2, 0.25) is 0 Å². The molecule has 0 atom stereocenters. The van der Waals surface area contributed by atoms with E-state index in [2.05, 4.69) is 22.0 Å². The molecule has 4 nitrogen and oxygen atoms in total. The van der Waals surface area contributed by atoms with Gasteiger partial charge in [0.25, 0.3) is 5.91 Å². The number of para-hydroxylation sites is 1. The Hall–Kier alpha value is -2.80.